The standard InChI is InChI=1S/C35H40N2/c1-5-9-32-29-13-8-11-26(20-29)10-7-12-28-21-30(17-15-27(28)6-2)35(36,34-23-37-19-18-25(34)4)31-16-14-24(3)33(32)22-31/h5,8-9,11,13,15,17,19-23,25H,1,6-7,10,12,14,16,18,36H2,2-4H3/b32-9-. The average molecular weight is 489 g/mol. The maximum absolute atomic E-state index is 7.68. The summed E-state index contributed by atoms with van der Waals surface area (Å²) >= 11 is 0. The molecule has 0 radical (unpaired) electrons. The summed E-state index contributed by atoms with van der Waals surface area (Å²) in [6.45, 7) is 10.9. The van der Waals surface area contributed by atoms with Crippen molar-refractivity contribution < 1.29 is 0 Å². The molecule has 0 spiro atoms. The van der Waals surface area contributed by atoms with E-state index in [1.165, 1.54) is 55.7 Å². The van der Waals surface area contributed by atoms with E-state index in [9.17, 15) is 0 Å². The van der Waals surface area contributed by atoms with E-state index < -0.39 is 5.54 Å². The van der Waals surface area contributed by atoms with Crippen molar-refractivity contribution in [3.8, 4) is 0 Å². The van der Waals surface area contributed by atoms with Crippen molar-refractivity contribution in [2.24, 2.45) is 16.6 Å². The fourth-order valence-corrected chi connectivity index (χ4v) is 6.36. The summed E-state index contributed by atoms with van der Waals surface area (Å²) in [6.07, 6.45) is 17.7. The molecular weight excluding hydrogens is 448 g/mol. The minimum absolute atomic E-state index is 0.340. The molecule has 0 aromatic heterocycles. The van der Waals surface area contributed by atoms with Crippen molar-refractivity contribution in [1.82, 2.24) is 0 Å². The first-order valence-electron chi connectivity index (χ1n) is 13.9. The smallest absolute Gasteiger partial charge is 0.0865 e. The van der Waals surface area contributed by atoms with Crippen LogP contribution in [0.25, 0.3) is 5.57 Å². The Morgan fingerprint density at radius 2 is 1.97 bits per heavy atom. The third-order valence-electron chi connectivity index (χ3n) is 8.59. The first kappa shape index (κ1) is 25.4. The van der Waals surface area contributed by atoms with E-state index in [4.69, 9.17) is 5.73 Å². The molecule has 2 atom stereocenters. The van der Waals surface area contributed by atoms with E-state index >= 15 is 0 Å². The van der Waals surface area contributed by atoms with Gasteiger partial charge in [0.15, 0.2) is 0 Å². The summed E-state index contributed by atoms with van der Waals surface area (Å²) in [6, 6.07) is 16.1. The lowest BCUT2D eigenvalue weighted by atomic mass is 9.68. The molecule has 0 fully saturated rings. The fraction of sp³-hybridized carbons (Fsp3) is 0.343. The van der Waals surface area contributed by atoms with Gasteiger partial charge in [-0.2, -0.15) is 0 Å². The Kier molecular flexibility index (Phi) is 7.31. The normalized spacial score (nSPS) is 24.9. The Bertz CT molecular complexity index is 1360. The Balaban J connectivity index is 1.80. The van der Waals surface area contributed by atoms with E-state index in [1.54, 1.807) is 0 Å². The van der Waals surface area contributed by atoms with E-state index in [0.717, 1.165) is 44.9 Å². The first-order chi connectivity index (χ1) is 18.0. The van der Waals surface area contributed by atoms with Gasteiger partial charge in [0.1, 0.15) is 0 Å². The highest BCUT2D eigenvalue weighted by Crippen LogP contribution is 2.46. The predicted molar refractivity (Wildman–Crippen MR) is 159 cm³/mol. The Hall–Kier alpha value is -3.23. The van der Waals surface area contributed by atoms with Gasteiger partial charge in [-0.05, 0) is 108 Å². The van der Waals surface area contributed by atoms with Crippen LogP contribution < -0.4 is 5.73 Å². The number of hydrogen-bond acceptors (Lipinski definition) is 2. The zero-order valence-corrected chi connectivity index (χ0v) is 22.7. The van der Waals surface area contributed by atoms with Crippen molar-refractivity contribution >= 4 is 11.8 Å². The number of allylic oxidation sites excluding steroid dienone is 6. The number of nitrogens with zero attached hydrogens (tertiary/aromatic N) is 1. The molecule has 37 heavy (non-hydrogen) atoms. The molecule has 0 amide bonds. The molecule has 0 saturated heterocycles. The zero-order chi connectivity index (χ0) is 26.0. The van der Waals surface area contributed by atoms with Gasteiger partial charge < -0.3 is 5.73 Å². The third-order valence-corrected chi connectivity index (χ3v) is 8.59. The van der Waals surface area contributed by atoms with Crippen molar-refractivity contribution in [1.29, 1.82) is 0 Å². The predicted octanol–water partition coefficient (Wildman–Crippen LogP) is 8.19. The van der Waals surface area contributed by atoms with Gasteiger partial charge in [0, 0.05) is 12.4 Å². The number of hydrogen-bond donors (Lipinski definition) is 1. The minimum atomic E-state index is -0.685. The van der Waals surface area contributed by atoms with Gasteiger partial charge in [0.25, 0.3) is 0 Å². The van der Waals surface area contributed by atoms with Gasteiger partial charge in [-0.1, -0.05) is 86.7 Å². The molecule has 2 unspecified atom stereocenters. The molecular formula is C35H40N2. The molecule has 3 aliphatic rings. The largest absolute Gasteiger partial charge is 0.314 e. The van der Waals surface area contributed by atoms with Crippen LogP contribution in [-0.2, 0) is 24.8 Å². The molecule has 190 valence electrons. The van der Waals surface area contributed by atoms with Crippen LogP contribution >= 0.6 is 0 Å². The van der Waals surface area contributed by atoms with Crippen LogP contribution in [0.1, 0.15) is 74.3 Å². The molecule has 2 aromatic rings. The highest BCUT2D eigenvalue weighted by molar-refractivity contribution is 5.84. The number of aliphatic imine (C=N–C) groups is 1. The van der Waals surface area contributed by atoms with Gasteiger partial charge >= 0.3 is 0 Å². The second-order valence-electron chi connectivity index (χ2n) is 10.9. The van der Waals surface area contributed by atoms with Gasteiger partial charge in [-0.3, -0.25) is 4.99 Å². The number of benzene rings is 2. The quantitative estimate of drug-likeness (QED) is 0.465. The van der Waals surface area contributed by atoms with Crippen molar-refractivity contribution in [3.63, 3.8) is 0 Å². The molecule has 5 rings (SSSR count). The van der Waals surface area contributed by atoms with E-state index in [2.05, 4.69) is 87.0 Å². The van der Waals surface area contributed by atoms with Gasteiger partial charge in [-0.25, -0.2) is 0 Å². The molecule has 0 saturated carbocycles. The van der Waals surface area contributed by atoms with Crippen molar-refractivity contribution in [2.45, 2.75) is 71.3 Å². The monoisotopic (exact) mass is 488 g/mol. The van der Waals surface area contributed by atoms with E-state index in [0.29, 0.717) is 5.92 Å². The second-order valence-corrected chi connectivity index (χ2v) is 10.9. The van der Waals surface area contributed by atoms with Crippen LogP contribution in [0.3, 0.4) is 0 Å². The second kappa shape index (κ2) is 10.6. The zero-order valence-electron chi connectivity index (χ0n) is 22.7. The maximum Gasteiger partial charge on any atom is 0.0865 e. The van der Waals surface area contributed by atoms with Crippen LogP contribution in [0, 0.1) is 5.92 Å². The molecule has 2 aliphatic carbocycles. The first-order valence-corrected chi connectivity index (χ1v) is 13.9. The van der Waals surface area contributed by atoms with Crippen molar-refractivity contribution in [2.75, 3.05) is 0 Å². The maximum atomic E-state index is 7.68. The van der Waals surface area contributed by atoms with Crippen LogP contribution in [-0.4, -0.2) is 6.21 Å². The molecule has 2 nitrogen and oxygen atoms in total. The number of aryl methyl sites for hydroxylation is 3. The van der Waals surface area contributed by atoms with Gasteiger partial charge in [-0.15, -0.1) is 0 Å². The summed E-state index contributed by atoms with van der Waals surface area (Å²) in [5.41, 5.74) is 20.1. The topological polar surface area (TPSA) is 38.4 Å². The summed E-state index contributed by atoms with van der Waals surface area (Å²) in [5, 5.41) is 0. The molecule has 2 N–H and O–H groups in total. The Morgan fingerprint density at radius 1 is 1.11 bits per heavy atom. The molecule has 1 heterocycles. The average Bonchev–Trinajstić information content (AvgIpc) is 2.92. The van der Waals surface area contributed by atoms with E-state index in [-0.39, 0.29) is 0 Å². The van der Waals surface area contributed by atoms with Crippen LogP contribution in [0.4, 0.5) is 0 Å². The van der Waals surface area contributed by atoms with E-state index in [1.807, 2.05) is 18.5 Å². The number of rotatable bonds is 3. The summed E-state index contributed by atoms with van der Waals surface area (Å²) in [7, 11) is 0. The lowest BCUT2D eigenvalue weighted by Gasteiger charge is -2.41. The number of fused-ring (bicyclic) bond motifs is 5. The Morgan fingerprint density at radius 3 is 2.76 bits per heavy atom. The van der Waals surface area contributed by atoms with Crippen LogP contribution in [0.2, 0.25) is 0 Å². The van der Waals surface area contributed by atoms with Gasteiger partial charge in [0.2, 0.25) is 0 Å². The molecule has 1 aliphatic heterocycles. The summed E-state index contributed by atoms with van der Waals surface area (Å²) in [5.74, 6) is 0.340. The fourth-order valence-electron chi connectivity index (χ4n) is 6.36. The molecule has 2 aromatic carbocycles. The highest BCUT2D eigenvalue weighted by atomic mass is 14.8. The summed E-state index contributed by atoms with van der Waals surface area (Å²) in [4.78, 5) is 4.61. The summed E-state index contributed by atoms with van der Waals surface area (Å²) < 4.78 is 0. The van der Waals surface area contributed by atoms with Crippen molar-refractivity contribution in [3.05, 3.63) is 124 Å². The minimum Gasteiger partial charge on any atom is -0.314 e. The number of nitrogens with two attached hydrogens (primary N) is 1. The Labute approximate surface area is 223 Å². The highest BCUT2D eigenvalue weighted by Gasteiger charge is 2.40. The van der Waals surface area contributed by atoms with Crippen LogP contribution in [0.15, 0.2) is 101 Å². The van der Waals surface area contributed by atoms with Crippen LogP contribution in [0.5, 0.6) is 0 Å². The van der Waals surface area contributed by atoms with Gasteiger partial charge in [0.05, 0.1) is 5.54 Å². The lowest BCUT2D eigenvalue weighted by Crippen LogP contribution is -2.44. The third kappa shape index (κ3) is 4.76. The molecule has 6 bridgehead atoms. The molecule has 2 heteroatoms. The SMILES string of the molecule is C=C/C=C1\C2=C(C)CCC(=C2)C(N)(C2=CN=CCC2C)c2ccc(CC)c(c2)CCCc2cccc1c2. The lowest BCUT2D eigenvalue weighted by molar-refractivity contribution is 0.502.